The van der Waals surface area contributed by atoms with Crippen molar-refractivity contribution in [1.29, 1.82) is 0 Å². The lowest BCUT2D eigenvalue weighted by Gasteiger charge is -2.16. The Labute approximate surface area is 75.6 Å². The number of aliphatic carboxylic acids is 1. The number of nitrogens with one attached hydrogen (secondary N) is 1. The molecule has 2 N–H and O–H groups in total. The minimum Gasteiger partial charge on any atom is -0.481 e. The van der Waals surface area contributed by atoms with Crippen LogP contribution < -0.4 is 5.43 Å². The van der Waals surface area contributed by atoms with Gasteiger partial charge in [0.05, 0.1) is 12.5 Å². The average molecular weight is 178 g/mol. The molecule has 2 rings (SSSR count). The number of carbonyl (C=O) groups is 1. The van der Waals surface area contributed by atoms with E-state index in [1.54, 1.807) is 0 Å². The summed E-state index contributed by atoms with van der Waals surface area (Å²) in [5.74, 6) is -0.509. The second-order valence-corrected chi connectivity index (χ2v) is 3.18. The third-order valence-corrected chi connectivity index (χ3v) is 2.17. The van der Waals surface area contributed by atoms with Crippen molar-refractivity contribution in [3.63, 3.8) is 0 Å². The first-order chi connectivity index (χ1) is 6.25. The second kappa shape index (κ2) is 3.05. The van der Waals surface area contributed by atoms with Crippen LogP contribution in [0, 0.1) is 5.92 Å². The van der Waals surface area contributed by atoms with Gasteiger partial charge >= 0.3 is 5.97 Å². The summed E-state index contributed by atoms with van der Waals surface area (Å²) >= 11 is 0. The molecule has 2 unspecified atom stereocenters. The quantitative estimate of drug-likeness (QED) is 0.648. The molecule has 0 aromatic heterocycles. The predicted molar refractivity (Wildman–Crippen MR) is 48.4 cm³/mol. The van der Waals surface area contributed by atoms with E-state index in [-0.39, 0.29) is 18.4 Å². The van der Waals surface area contributed by atoms with Crippen LogP contribution in [0.3, 0.4) is 0 Å². The van der Waals surface area contributed by atoms with Crippen LogP contribution in [0.1, 0.15) is 6.42 Å². The van der Waals surface area contributed by atoms with Gasteiger partial charge in [-0.25, -0.2) is 0 Å². The molecule has 4 nitrogen and oxygen atoms in total. The van der Waals surface area contributed by atoms with E-state index < -0.39 is 5.97 Å². The molecule has 0 aromatic rings. The van der Waals surface area contributed by atoms with Crippen LogP contribution in [0.2, 0.25) is 0 Å². The largest absolute Gasteiger partial charge is 0.481 e. The molecular formula is C9H10N2O2. The normalized spacial score (nSPS) is 29.4. The summed E-state index contributed by atoms with van der Waals surface area (Å²) in [4.78, 5) is 10.4. The van der Waals surface area contributed by atoms with Crippen molar-refractivity contribution in [1.82, 2.24) is 5.43 Å². The number of nitrogens with zero attached hydrogens (tertiary/aromatic N) is 1. The van der Waals surface area contributed by atoms with Crippen molar-refractivity contribution in [2.75, 3.05) is 0 Å². The van der Waals surface area contributed by atoms with Crippen LogP contribution >= 0.6 is 0 Å². The van der Waals surface area contributed by atoms with Crippen LogP contribution in [-0.4, -0.2) is 23.3 Å². The molecule has 2 atom stereocenters. The van der Waals surface area contributed by atoms with Crippen molar-refractivity contribution >= 4 is 12.2 Å². The summed E-state index contributed by atoms with van der Waals surface area (Å²) < 4.78 is 0. The van der Waals surface area contributed by atoms with Crippen molar-refractivity contribution in [2.45, 2.75) is 12.5 Å². The fourth-order valence-corrected chi connectivity index (χ4v) is 1.53. The Morgan fingerprint density at radius 1 is 1.69 bits per heavy atom. The molecule has 1 aliphatic heterocycles. The van der Waals surface area contributed by atoms with Crippen molar-refractivity contribution in [3.8, 4) is 0 Å². The maximum Gasteiger partial charge on any atom is 0.307 e. The summed E-state index contributed by atoms with van der Waals surface area (Å²) in [5.41, 5.74) is 3.75. The van der Waals surface area contributed by atoms with Gasteiger partial charge in [-0.3, -0.25) is 4.79 Å². The lowest BCUT2D eigenvalue weighted by atomic mass is 9.93. The number of rotatable bonds is 2. The molecule has 1 aliphatic carbocycles. The zero-order chi connectivity index (χ0) is 9.26. The van der Waals surface area contributed by atoms with E-state index in [0.717, 1.165) is 5.57 Å². The molecule has 0 amide bonds. The molecular weight excluding hydrogens is 168 g/mol. The van der Waals surface area contributed by atoms with E-state index in [2.05, 4.69) is 10.5 Å². The van der Waals surface area contributed by atoms with E-state index >= 15 is 0 Å². The molecule has 0 spiro atoms. The van der Waals surface area contributed by atoms with E-state index in [9.17, 15) is 4.79 Å². The van der Waals surface area contributed by atoms with Gasteiger partial charge in [-0.2, -0.15) is 5.10 Å². The van der Waals surface area contributed by atoms with Gasteiger partial charge in [0.1, 0.15) is 0 Å². The van der Waals surface area contributed by atoms with Crippen molar-refractivity contribution < 1.29 is 9.90 Å². The molecule has 0 bridgehead atoms. The Morgan fingerprint density at radius 3 is 3.31 bits per heavy atom. The zero-order valence-corrected chi connectivity index (χ0v) is 6.97. The molecule has 0 radical (unpaired) electrons. The standard InChI is InChI=1S/C9H10N2O2/c12-9(13)4-6-1-2-7-5-10-11-8(7)3-6/h1-3,5,7-8,11H,4H2,(H,12,13). The summed E-state index contributed by atoms with van der Waals surface area (Å²) in [6.45, 7) is 0. The fourth-order valence-electron chi connectivity index (χ4n) is 1.53. The highest BCUT2D eigenvalue weighted by molar-refractivity contribution is 5.73. The first-order valence-corrected chi connectivity index (χ1v) is 4.15. The van der Waals surface area contributed by atoms with Gasteiger partial charge in [0.15, 0.2) is 0 Å². The Morgan fingerprint density at radius 2 is 2.54 bits per heavy atom. The van der Waals surface area contributed by atoms with E-state index in [1.807, 2.05) is 24.4 Å². The molecule has 2 aliphatic rings. The maximum absolute atomic E-state index is 10.4. The summed E-state index contributed by atoms with van der Waals surface area (Å²) in [7, 11) is 0. The number of carboxylic acid groups (broad SMARTS) is 1. The lowest BCUT2D eigenvalue weighted by molar-refractivity contribution is -0.136. The minimum atomic E-state index is -0.798. The average Bonchev–Trinajstić information content (AvgIpc) is 2.49. The van der Waals surface area contributed by atoms with Gasteiger partial charge in [-0.1, -0.05) is 18.2 Å². The second-order valence-electron chi connectivity index (χ2n) is 3.18. The predicted octanol–water partition coefficient (Wildman–Crippen LogP) is 0.531. The monoisotopic (exact) mass is 178 g/mol. The van der Waals surface area contributed by atoms with Crippen molar-refractivity contribution in [2.24, 2.45) is 11.0 Å². The molecule has 68 valence electrons. The van der Waals surface area contributed by atoms with Gasteiger partial charge in [0, 0.05) is 12.1 Å². The van der Waals surface area contributed by atoms with Gasteiger partial charge in [0.2, 0.25) is 0 Å². The summed E-state index contributed by atoms with van der Waals surface area (Å²) in [6.07, 6.45) is 7.67. The van der Waals surface area contributed by atoms with Crippen LogP contribution in [0.5, 0.6) is 0 Å². The van der Waals surface area contributed by atoms with Gasteiger partial charge in [-0.15, -0.1) is 0 Å². The number of hydrazone groups is 1. The summed E-state index contributed by atoms with van der Waals surface area (Å²) in [6, 6.07) is 0.152. The highest BCUT2D eigenvalue weighted by Gasteiger charge is 2.22. The van der Waals surface area contributed by atoms with Crippen LogP contribution in [0.25, 0.3) is 0 Å². The molecule has 0 saturated heterocycles. The van der Waals surface area contributed by atoms with E-state index in [4.69, 9.17) is 5.11 Å². The number of carboxylic acids is 1. The molecule has 13 heavy (non-hydrogen) atoms. The smallest absolute Gasteiger partial charge is 0.307 e. The molecule has 0 saturated carbocycles. The number of hydrogen-bond donors (Lipinski definition) is 2. The molecule has 0 aromatic carbocycles. The Bertz CT molecular complexity index is 318. The maximum atomic E-state index is 10.4. The fraction of sp³-hybridized carbons (Fsp3) is 0.333. The van der Waals surface area contributed by atoms with Crippen molar-refractivity contribution in [3.05, 3.63) is 23.8 Å². The lowest BCUT2D eigenvalue weighted by Crippen LogP contribution is -2.26. The Balaban J connectivity index is 2.08. The van der Waals surface area contributed by atoms with Crippen LogP contribution in [-0.2, 0) is 4.79 Å². The van der Waals surface area contributed by atoms with Crippen LogP contribution in [0.15, 0.2) is 28.9 Å². The highest BCUT2D eigenvalue weighted by Crippen LogP contribution is 2.20. The number of hydrogen-bond acceptors (Lipinski definition) is 3. The third kappa shape index (κ3) is 1.61. The Kier molecular flexibility index (Phi) is 1.88. The first kappa shape index (κ1) is 8.04. The Hall–Kier alpha value is -1.58. The van der Waals surface area contributed by atoms with Gasteiger partial charge in [0.25, 0.3) is 0 Å². The topological polar surface area (TPSA) is 61.7 Å². The first-order valence-electron chi connectivity index (χ1n) is 4.15. The molecule has 0 fully saturated rings. The number of allylic oxidation sites excluding steroid dienone is 1. The highest BCUT2D eigenvalue weighted by atomic mass is 16.4. The zero-order valence-electron chi connectivity index (χ0n) is 6.97. The molecule has 1 heterocycles. The van der Waals surface area contributed by atoms with Gasteiger partial charge < -0.3 is 10.5 Å². The van der Waals surface area contributed by atoms with Crippen LogP contribution in [0.4, 0.5) is 0 Å². The molecule has 4 heteroatoms. The number of fused-ring (bicyclic) bond motifs is 1. The SMILES string of the molecule is O=C(O)CC1=CC2NN=CC2C=C1. The third-order valence-electron chi connectivity index (χ3n) is 2.17. The van der Waals surface area contributed by atoms with E-state index in [1.165, 1.54) is 0 Å². The minimum absolute atomic E-state index is 0.0847. The van der Waals surface area contributed by atoms with E-state index in [0.29, 0.717) is 0 Å². The van der Waals surface area contributed by atoms with Gasteiger partial charge in [-0.05, 0) is 5.57 Å². The summed E-state index contributed by atoms with van der Waals surface area (Å²) in [5, 5.41) is 12.5.